The zero-order chi connectivity index (χ0) is 21.3. The summed E-state index contributed by atoms with van der Waals surface area (Å²) in [7, 11) is 0. The van der Waals surface area contributed by atoms with Crippen LogP contribution in [0.4, 0.5) is 26.2 Å². The van der Waals surface area contributed by atoms with Gasteiger partial charge in [0.25, 0.3) is 0 Å². The lowest BCUT2D eigenvalue weighted by molar-refractivity contribution is -0.127. The molecule has 2 aliphatic heterocycles. The summed E-state index contributed by atoms with van der Waals surface area (Å²) in [5, 5.41) is 5.31. The molecule has 4 N–H and O–H groups in total. The van der Waals surface area contributed by atoms with Crippen molar-refractivity contribution in [2.45, 2.75) is 23.2 Å². The predicted octanol–water partition coefficient (Wildman–Crippen LogP) is 3.90. The summed E-state index contributed by atoms with van der Waals surface area (Å²) in [5.41, 5.74) is 7.81. The Morgan fingerprint density at radius 3 is 2.63 bits per heavy atom. The average Bonchev–Trinajstić information content (AvgIpc) is 3.25. The second-order valence-corrected chi connectivity index (χ2v) is 8.64. The number of hydrogen-bond acceptors (Lipinski definition) is 5. The summed E-state index contributed by atoms with van der Waals surface area (Å²) >= 11 is 7.19. The maximum absolute atomic E-state index is 13.5. The van der Waals surface area contributed by atoms with Crippen molar-refractivity contribution in [3.05, 3.63) is 47.2 Å². The highest BCUT2D eigenvalue weighted by Crippen LogP contribution is 2.42. The van der Waals surface area contributed by atoms with E-state index >= 15 is 0 Å². The third-order valence-electron chi connectivity index (χ3n) is 5.04. The molecule has 0 bridgehead atoms. The largest absolute Gasteiger partial charge is 0.344 e. The first-order chi connectivity index (χ1) is 14.4. The SMILES string of the molecule is NC1Sc2ccc(NC(=O)Nc3ccc(Cl)c(F)c3)cc2N1CCN1CCCC1=O. The van der Waals surface area contributed by atoms with Crippen molar-refractivity contribution in [1.29, 1.82) is 0 Å². The van der Waals surface area contributed by atoms with Gasteiger partial charge in [-0.2, -0.15) is 0 Å². The van der Waals surface area contributed by atoms with Gasteiger partial charge in [0.1, 0.15) is 11.3 Å². The molecular formula is C20H21ClFN5O2S. The lowest BCUT2D eigenvalue weighted by Gasteiger charge is -2.26. The summed E-state index contributed by atoms with van der Waals surface area (Å²) < 4.78 is 13.5. The molecular weight excluding hydrogens is 429 g/mol. The number of anilines is 3. The number of amides is 3. The maximum Gasteiger partial charge on any atom is 0.323 e. The molecule has 1 saturated heterocycles. The first-order valence-electron chi connectivity index (χ1n) is 9.54. The van der Waals surface area contributed by atoms with Gasteiger partial charge in [0.15, 0.2) is 0 Å². The van der Waals surface area contributed by atoms with Gasteiger partial charge >= 0.3 is 6.03 Å². The minimum absolute atomic E-state index is 0.0101. The fourth-order valence-corrected chi connectivity index (χ4v) is 4.70. The molecule has 4 rings (SSSR count). The smallest absolute Gasteiger partial charge is 0.323 e. The Morgan fingerprint density at radius 2 is 1.93 bits per heavy atom. The first-order valence-corrected chi connectivity index (χ1v) is 10.8. The summed E-state index contributed by atoms with van der Waals surface area (Å²) in [6.45, 7) is 2.02. The molecule has 0 radical (unpaired) electrons. The number of carbonyl (C=O) groups excluding carboxylic acids is 2. The van der Waals surface area contributed by atoms with Gasteiger partial charge in [0, 0.05) is 42.3 Å². The molecule has 0 aliphatic carbocycles. The highest BCUT2D eigenvalue weighted by molar-refractivity contribution is 8.00. The molecule has 7 nitrogen and oxygen atoms in total. The van der Waals surface area contributed by atoms with E-state index < -0.39 is 11.8 Å². The number of likely N-dealkylation sites (tertiary alicyclic amines) is 1. The van der Waals surface area contributed by atoms with E-state index in [1.165, 1.54) is 23.9 Å². The van der Waals surface area contributed by atoms with Crippen molar-refractivity contribution in [3.8, 4) is 0 Å². The number of hydrogen-bond donors (Lipinski definition) is 3. The average molecular weight is 450 g/mol. The van der Waals surface area contributed by atoms with Crippen LogP contribution in [-0.4, -0.2) is 42.0 Å². The summed E-state index contributed by atoms with van der Waals surface area (Å²) in [4.78, 5) is 29.1. The molecule has 1 fully saturated rings. The Hall–Kier alpha value is -2.49. The zero-order valence-corrected chi connectivity index (χ0v) is 17.6. The van der Waals surface area contributed by atoms with E-state index in [4.69, 9.17) is 17.3 Å². The number of halogens is 2. The monoisotopic (exact) mass is 449 g/mol. The maximum atomic E-state index is 13.5. The molecule has 30 heavy (non-hydrogen) atoms. The van der Waals surface area contributed by atoms with Gasteiger partial charge in [-0.3, -0.25) is 4.79 Å². The van der Waals surface area contributed by atoms with Gasteiger partial charge < -0.3 is 26.2 Å². The molecule has 0 saturated carbocycles. The van der Waals surface area contributed by atoms with Crippen LogP contribution in [0.15, 0.2) is 41.3 Å². The van der Waals surface area contributed by atoms with Crippen molar-refractivity contribution < 1.29 is 14.0 Å². The van der Waals surface area contributed by atoms with E-state index in [-0.39, 0.29) is 16.4 Å². The number of benzene rings is 2. The first kappa shape index (κ1) is 20.8. The van der Waals surface area contributed by atoms with E-state index in [1.807, 2.05) is 21.9 Å². The van der Waals surface area contributed by atoms with Gasteiger partial charge in [0.05, 0.1) is 10.7 Å². The van der Waals surface area contributed by atoms with Gasteiger partial charge in [-0.15, -0.1) is 0 Å². The highest BCUT2D eigenvalue weighted by atomic mass is 35.5. The Kier molecular flexibility index (Phi) is 6.03. The number of fused-ring (bicyclic) bond motifs is 1. The van der Waals surface area contributed by atoms with E-state index in [1.54, 1.807) is 6.07 Å². The summed E-state index contributed by atoms with van der Waals surface area (Å²) in [6.07, 6.45) is 1.51. The zero-order valence-electron chi connectivity index (χ0n) is 16.0. The standard InChI is InChI=1S/C20H21ClFN5O2S/c21-14-5-3-12(10-15(14)22)24-20(29)25-13-4-6-17-16(11-13)27(19(23)30-17)9-8-26-7-1-2-18(26)28/h3-6,10-11,19H,1-2,7-9,23H2,(H2,24,25,29). The molecule has 2 aromatic carbocycles. The number of nitrogens with two attached hydrogens (primary N) is 1. The number of rotatable bonds is 5. The van der Waals surface area contributed by atoms with Gasteiger partial charge in [0.2, 0.25) is 5.91 Å². The van der Waals surface area contributed by atoms with Crippen LogP contribution >= 0.6 is 23.4 Å². The molecule has 2 aromatic rings. The lowest BCUT2D eigenvalue weighted by atomic mass is 10.2. The molecule has 10 heteroatoms. The Labute approximate surface area is 182 Å². The van der Waals surface area contributed by atoms with E-state index in [0.717, 1.165) is 29.6 Å². The van der Waals surface area contributed by atoms with Crippen LogP contribution in [0.3, 0.4) is 0 Å². The van der Waals surface area contributed by atoms with E-state index in [2.05, 4.69) is 10.6 Å². The van der Waals surface area contributed by atoms with Crippen molar-refractivity contribution in [3.63, 3.8) is 0 Å². The minimum atomic E-state index is -0.606. The lowest BCUT2D eigenvalue weighted by Crippen LogP contribution is -2.42. The Morgan fingerprint density at radius 1 is 1.20 bits per heavy atom. The van der Waals surface area contributed by atoms with Crippen molar-refractivity contribution in [2.75, 3.05) is 35.2 Å². The number of urea groups is 1. The molecule has 1 unspecified atom stereocenters. The van der Waals surface area contributed by atoms with Gasteiger partial charge in [-0.05, 0) is 42.8 Å². The van der Waals surface area contributed by atoms with Crippen LogP contribution in [0.25, 0.3) is 0 Å². The second-order valence-electron chi connectivity index (χ2n) is 7.08. The Balaban J connectivity index is 1.42. The second kappa shape index (κ2) is 8.71. The topological polar surface area (TPSA) is 90.7 Å². The third-order valence-corrected chi connectivity index (χ3v) is 6.44. The molecule has 158 valence electrons. The van der Waals surface area contributed by atoms with Crippen LogP contribution in [0.1, 0.15) is 12.8 Å². The van der Waals surface area contributed by atoms with E-state index in [0.29, 0.717) is 30.9 Å². The number of thioether (sulfide) groups is 1. The van der Waals surface area contributed by atoms with Crippen LogP contribution in [0.2, 0.25) is 5.02 Å². The summed E-state index contributed by atoms with van der Waals surface area (Å²) in [5.74, 6) is -0.425. The molecule has 1 atom stereocenters. The minimum Gasteiger partial charge on any atom is -0.344 e. The van der Waals surface area contributed by atoms with Crippen molar-refractivity contribution in [2.24, 2.45) is 5.73 Å². The predicted molar refractivity (Wildman–Crippen MR) is 117 cm³/mol. The van der Waals surface area contributed by atoms with Crippen molar-refractivity contribution in [1.82, 2.24) is 4.90 Å². The molecule has 2 aliphatic rings. The van der Waals surface area contributed by atoms with Crippen LogP contribution in [0, 0.1) is 5.82 Å². The molecule has 0 spiro atoms. The van der Waals surface area contributed by atoms with Crippen molar-refractivity contribution >= 4 is 52.4 Å². The van der Waals surface area contributed by atoms with Crippen LogP contribution in [-0.2, 0) is 4.79 Å². The quantitative estimate of drug-likeness (QED) is 0.644. The molecule has 3 amide bonds. The Bertz CT molecular complexity index is 992. The normalized spacial score (nSPS) is 18.0. The highest BCUT2D eigenvalue weighted by Gasteiger charge is 2.29. The van der Waals surface area contributed by atoms with Gasteiger partial charge in [-0.25, -0.2) is 9.18 Å². The molecule has 0 aromatic heterocycles. The van der Waals surface area contributed by atoms with Crippen LogP contribution in [0.5, 0.6) is 0 Å². The number of nitrogens with one attached hydrogen (secondary N) is 2. The third kappa shape index (κ3) is 4.48. The van der Waals surface area contributed by atoms with Crippen LogP contribution < -0.4 is 21.3 Å². The van der Waals surface area contributed by atoms with E-state index in [9.17, 15) is 14.0 Å². The fraction of sp³-hybridized carbons (Fsp3) is 0.300. The number of nitrogens with zero attached hydrogens (tertiary/aromatic N) is 2. The number of carbonyl (C=O) groups is 2. The fourth-order valence-electron chi connectivity index (χ4n) is 3.53. The van der Waals surface area contributed by atoms with Gasteiger partial charge in [-0.1, -0.05) is 23.4 Å². The molecule has 2 heterocycles. The summed E-state index contributed by atoms with van der Waals surface area (Å²) in [6, 6.07) is 9.09.